The molecule has 1 aromatic carbocycles. The third kappa shape index (κ3) is 4.68. The number of Topliss-reactive ketones (excluding diaryl/α,β-unsaturated/α-hetero) is 1. The summed E-state index contributed by atoms with van der Waals surface area (Å²) in [6, 6.07) is 7.90. The van der Waals surface area contributed by atoms with E-state index in [-0.39, 0.29) is 5.56 Å². The van der Waals surface area contributed by atoms with Crippen LogP contribution in [0.1, 0.15) is 10.4 Å². The summed E-state index contributed by atoms with van der Waals surface area (Å²) in [7, 11) is 0. The van der Waals surface area contributed by atoms with Crippen molar-refractivity contribution in [3.05, 3.63) is 42.8 Å². The molecule has 0 amide bonds. The van der Waals surface area contributed by atoms with Gasteiger partial charge in [0.2, 0.25) is 5.97 Å². The zero-order valence-corrected chi connectivity index (χ0v) is 9.48. The molecule has 1 aromatic rings. The molecule has 0 aliphatic heterocycles. The van der Waals surface area contributed by atoms with Gasteiger partial charge in [-0.3, -0.25) is 0 Å². The van der Waals surface area contributed by atoms with Gasteiger partial charge in [0, 0.05) is 0 Å². The van der Waals surface area contributed by atoms with E-state index in [1.165, 1.54) is 12.1 Å². The molecule has 0 saturated carbocycles. The van der Waals surface area contributed by atoms with Crippen LogP contribution in [-0.4, -0.2) is 17.7 Å². The Morgan fingerprint density at radius 1 is 1.06 bits per heavy atom. The van der Waals surface area contributed by atoms with E-state index in [9.17, 15) is 14.4 Å². The second kappa shape index (κ2) is 7.56. The molecular weight excluding hydrogens is 251 g/mol. The molecule has 0 N–H and O–H groups in total. The Labute approximate surface area is 101 Å². The summed E-state index contributed by atoms with van der Waals surface area (Å²) in [5.41, 5.74) is 0.210. The summed E-state index contributed by atoms with van der Waals surface area (Å²) in [5.74, 6) is -3.15. The molecule has 0 atom stereocenters. The van der Waals surface area contributed by atoms with Crippen LogP contribution in [0.5, 0.6) is 0 Å². The number of hydrogen-bond donors (Lipinski definition) is 0. The van der Waals surface area contributed by atoms with Crippen molar-refractivity contribution >= 4 is 17.7 Å². The van der Waals surface area contributed by atoms with Gasteiger partial charge in [-0.15, -0.1) is 0 Å². The van der Waals surface area contributed by atoms with Gasteiger partial charge < -0.3 is 14.3 Å². The van der Waals surface area contributed by atoms with Crippen LogP contribution in [0.2, 0.25) is 0 Å². The number of carbonyl (C=O) groups excluding carboxylic acids is 3. The molecule has 1 rings (SSSR count). The number of carbonyl (C=O) groups is 3. The van der Waals surface area contributed by atoms with E-state index in [1.54, 1.807) is 18.2 Å². The van der Waals surface area contributed by atoms with Crippen molar-refractivity contribution in [3.8, 4) is 0 Å². The summed E-state index contributed by atoms with van der Waals surface area (Å²) in [5, 5.41) is 0. The van der Waals surface area contributed by atoms with Crippen LogP contribution < -0.4 is 0 Å². The van der Waals surface area contributed by atoms with Gasteiger partial charge in [0.05, 0.1) is 11.3 Å². The van der Waals surface area contributed by atoms with Crippen molar-refractivity contribution in [1.82, 2.24) is 0 Å². The van der Waals surface area contributed by atoms with Crippen molar-refractivity contribution in [2.45, 2.75) is 0 Å². The third-order valence-electron chi connectivity index (χ3n) is 1.42. The zero-order valence-electron chi connectivity index (χ0n) is 8.08. The van der Waals surface area contributed by atoms with E-state index in [0.29, 0.717) is 0 Å². The molecule has 0 aliphatic rings. The number of benzene rings is 1. The monoisotopic (exact) mass is 258 g/mol. The van der Waals surface area contributed by atoms with Crippen LogP contribution in [0.15, 0.2) is 30.3 Å². The molecule has 6 heteroatoms. The molecule has 0 saturated heterocycles. The van der Waals surface area contributed by atoms with E-state index in [4.69, 9.17) is 3.67 Å². The molecule has 0 unspecified atom stereocenters. The van der Waals surface area contributed by atoms with Crippen molar-refractivity contribution < 1.29 is 40.2 Å². The minimum atomic E-state index is -1.25. The van der Waals surface area contributed by atoms with Gasteiger partial charge in [-0.2, -0.15) is 6.92 Å². The van der Waals surface area contributed by atoms with E-state index in [2.05, 4.69) is 11.7 Å². The predicted molar refractivity (Wildman–Crippen MR) is 47.9 cm³/mol. The van der Waals surface area contributed by atoms with Crippen LogP contribution in [0.4, 0.5) is 0 Å². The fraction of sp³-hybridized carbons (Fsp3) is 0. The topological polar surface area (TPSA) is 77.5 Å². The number of rotatable bonds is 2. The second-order valence-electron chi connectivity index (χ2n) is 2.47. The maximum absolute atomic E-state index is 11.1. The molecule has 0 radical (unpaired) electrons. The van der Waals surface area contributed by atoms with E-state index in [1.807, 2.05) is 0 Å². The molecular formula is C10H7O5V-. The Balaban J connectivity index is 0.00000106. The van der Waals surface area contributed by atoms with Crippen LogP contribution in [0.3, 0.4) is 0 Å². The average Bonchev–Trinajstić information content (AvgIpc) is 2.32. The molecule has 0 aliphatic carbocycles. The fourth-order valence-corrected chi connectivity index (χ4v) is 0.774. The summed E-state index contributed by atoms with van der Waals surface area (Å²) in [6.45, 7) is 2.82. The van der Waals surface area contributed by atoms with Gasteiger partial charge in [0.1, 0.15) is 0 Å². The Kier molecular flexibility index (Phi) is 6.75. The van der Waals surface area contributed by atoms with Gasteiger partial charge in [-0.1, -0.05) is 18.2 Å². The SMILES string of the molecule is [CH2-]C(=O)C(=O)OC(=O)c1ccccc1.[O]=[V]. The number of ketones is 1. The first kappa shape index (κ1) is 14.3. The first-order chi connectivity index (χ1) is 7.61. The maximum atomic E-state index is 11.1. The Hall–Kier alpha value is -1.72. The standard InChI is InChI=1S/C10H7O4.O.V/c1-7(11)9(12)14-10(13)8-5-3-2-4-6-8;;/h2-6H,1H2;;/q-1;;. The average molecular weight is 258 g/mol. The van der Waals surface area contributed by atoms with E-state index in [0.717, 1.165) is 17.4 Å². The summed E-state index contributed by atoms with van der Waals surface area (Å²) in [4.78, 5) is 32.2. The Bertz CT molecular complexity index is 387. The molecule has 0 spiro atoms. The van der Waals surface area contributed by atoms with Crippen LogP contribution in [-0.2, 0) is 35.4 Å². The summed E-state index contributed by atoms with van der Waals surface area (Å²) >= 11 is 1.06. The second-order valence-corrected chi connectivity index (χ2v) is 2.47. The molecule has 83 valence electrons. The Morgan fingerprint density at radius 2 is 1.56 bits per heavy atom. The fourth-order valence-electron chi connectivity index (χ4n) is 0.774. The molecule has 0 bridgehead atoms. The summed E-state index contributed by atoms with van der Waals surface area (Å²) in [6.07, 6.45) is 0. The van der Waals surface area contributed by atoms with Crippen LogP contribution in [0.25, 0.3) is 0 Å². The number of ether oxygens (including phenoxy) is 1. The first-order valence-corrected chi connectivity index (χ1v) is 4.54. The number of hydrogen-bond acceptors (Lipinski definition) is 5. The Morgan fingerprint density at radius 3 is 2.00 bits per heavy atom. The van der Waals surface area contributed by atoms with Crippen molar-refractivity contribution in [2.75, 3.05) is 0 Å². The van der Waals surface area contributed by atoms with Crippen LogP contribution >= 0.6 is 0 Å². The quantitative estimate of drug-likeness (QED) is 0.337. The van der Waals surface area contributed by atoms with Gasteiger partial charge in [0.15, 0.2) is 0 Å². The predicted octanol–water partition coefficient (Wildman–Crippen LogP) is 0.652. The van der Waals surface area contributed by atoms with Gasteiger partial charge in [-0.05, 0) is 12.1 Å². The van der Waals surface area contributed by atoms with Crippen molar-refractivity contribution in [1.29, 1.82) is 0 Å². The minimum absolute atomic E-state index is 0.210. The van der Waals surface area contributed by atoms with Gasteiger partial charge >= 0.3 is 27.0 Å². The molecule has 16 heavy (non-hydrogen) atoms. The zero-order chi connectivity index (χ0) is 12.6. The number of esters is 2. The molecule has 5 nitrogen and oxygen atoms in total. The first-order valence-electron chi connectivity index (χ1n) is 3.97. The van der Waals surface area contributed by atoms with E-state index < -0.39 is 17.7 Å². The van der Waals surface area contributed by atoms with E-state index >= 15 is 0 Å². The molecule has 0 aromatic heterocycles. The van der Waals surface area contributed by atoms with Crippen molar-refractivity contribution in [2.24, 2.45) is 0 Å². The third-order valence-corrected chi connectivity index (χ3v) is 1.42. The molecule has 0 heterocycles. The van der Waals surface area contributed by atoms with Gasteiger partial charge in [-0.25, -0.2) is 4.79 Å². The summed E-state index contributed by atoms with van der Waals surface area (Å²) < 4.78 is 12.4. The van der Waals surface area contributed by atoms with Crippen molar-refractivity contribution in [3.63, 3.8) is 0 Å². The van der Waals surface area contributed by atoms with Gasteiger partial charge in [0.25, 0.3) is 0 Å². The molecule has 0 fully saturated rings. The van der Waals surface area contributed by atoms with Crippen LogP contribution in [0, 0.1) is 6.92 Å². The normalized spacial score (nSPS) is 8.19.